The molecular weight excluding hydrogens is 322 g/mol. The van der Waals surface area contributed by atoms with E-state index in [1.165, 1.54) is 38.5 Å². The van der Waals surface area contributed by atoms with E-state index in [1.54, 1.807) is 6.92 Å². The molecule has 0 aromatic rings. The maximum atomic E-state index is 12.0. The van der Waals surface area contributed by atoms with E-state index >= 15 is 0 Å². The first kappa shape index (κ1) is 18.0. The van der Waals surface area contributed by atoms with Crippen molar-refractivity contribution in [2.75, 3.05) is 19.8 Å². The minimum atomic E-state index is -0.724. The third-order valence-electron chi connectivity index (χ3n) is 5.81. The molecule has 4 fully saturated rings. The number of carbonyl (C=O) groups is 3. The van der Waals surface area contributed by atoms with Crippen LogP contribution in [-0.2, 0) is 23.9 Å². The van der Waals surface area contributed by atoms with E-state index in [1.807, 2.05) is 0 Å². The average Bonchev–Trinajstić information content (AvgIpc) is 2.55. The highest BCUT2D eigenvalue weighted by molar-refractivity contribution is 5.92. The first-order valence-electron chi connectivity index (χ1n) is 9.26. The van der Waals surface area contributed by atoms with Crippen molar-refractivity contribution in [1.82, 2.24) is 5.32 Å². The minimum Gasteiger partial charge on any atom is -0.463 e. The van der Waals surface area contributed by atoms with E-state index < -0.39 is 11.9 Å². The predicted octanol–water partition coefficient (Wildman–Crippen LogP) is 1.98. The van der Waals surface area contributed by atoms with Crippen molar-refractivity contribution < 1.29 is 23.9 Å². The van der Waals surface area contributed by atoms with E-state index in [0.717, 1.165) is 29.9 Å². The van der Waals surface area contributed by atoms with Crippen molar-refractivity contribution >= 4 is 17.8 Å². The van der Waals surface area contributed by atoms with Crippen molar-refractivity contribution in [2.24, 2.45) is 23.2 Å². The van der Waals surface area contributed by atoms with Crippen molar-refractivity contribution in [1.29, 1.82) is 0 Å². The zero-order chi connectivity index (χ0) is 17.9. The molecule has 0 spiro atoms. The van der Waals surface area contributed by atoms with Gasteiger partial charge in [0.25, 0.3) is 5.91 Å². The van der Waals surface area contributed by atoms with Gasteiger partial charge in [0.15, 0.2) is 6.61 Å². The highest BCUT2D eigenvalue weighted by Crippen LogP contribution is 2.59. The van der Waals surface area contributed by atoms with Gasteiger partial charge in [0, 0.05) is 18.7 Å². The van der Waals surface area contributed by atoms with Crippen LogP contribution in [0.3, 0.4) is 0 Å². The molecule has 0 aromatic carbocycles. The molecular formula is C19H27NO5. The minimum absolute atomic E-state index is 0.241. The number of carbonyl (C=O) groups excluding carboxylic acids is 3. The molecule has 4 aliphatic rings. The van der Waals surface area contributed by atoms with Crippen molar-refractivity contribution in [3.63, 3.8) is 0 Å². The quantitative estimate of drug-likeness (QED) is 0.561. The van der Waals surface area contributed by atoms with Crippen LogP contribution in [0.5, 0.6) is 0 Å². The topological polar surface area (TPSA) is 81.7 Å². The van der Waals surface area contributed by atoms with Crippen LogP contribution in [0.4, 0.5) is 0 Å². The van der Waals surface area contributed by atoms with Crippen molar-refractivity contribution in [3.05, 3.63) is 12.2 Å². The normalized spacial score (nSPS) is 32.6. The standard InChI is InChI=1S/C19H27NO5/c1-2-24-17(22)3-4-18(23)25-11-16(21)20-12-19-8-13-5-14(9-19)7-15(6-13)10-19/h3-4,13-15H,2,5-12H2,1H3,(H,20,21)/b4-3+. The van der Waals surface area contributed by atoms with Crippen LogP contribution in [0.25, 0.3) is 0 Å². The molecule has 0 aromatic heterocycles. The van der Waals surface area contributed by atoms with Crippen LogP contribution in [0.15, 0.2) is 12.2 Å². The molecule has 4 bridgehead atoms. The first-order chi connectivity index (χ1) is 12.0. The summed E-state index contributed by atoms with van der Waals surface area (Å²) in [6.45, 7) is 2.28. The lowest BCUT2D eigenvalue weighted by Crippen LogP contribution is -2.51. The van der Waals surface area contributed by atoms with Gasteiger partial charge in [-0.15, -0.1) is 0 Å². The Labute approximate surface area is 148 Å². The molecule has 4 saturated carbocycles. The van der Waals surface area contributed by atoms with E-state index in [2.05, 4.69) is 10.1 Å². The molecule has 0 aliphatic heterocycles. The van der Waals surface area contributed by atoms with Gasteiger partial charge in [-0.25, -0.2) is 9.59 Å². The Morgan fingerprint density at radius 3 is 2.00 bits per heavy atom. The molecule has 138 valence electrons. The first-order valence-corrected chi connectivity index (χ1v) is 9.26. The Kier molecular flexibility index (Phi) is 5.45. The Morgan fingerprint density at radius 2 is 1.48 bits per heavy atom. The van der Waals surface area contributed by atoms with Gasteiger partial charge in [0.1, 0.15) is 0 Å². The van der Waals surface area contributed by atoms with E-state index in [-0.39, 0.29) is 24.5 Å². The lowest BCUT2D eigenvalue weighted by Gasteiger charge is -2.56. The molecule has 0 atom stereocenters. The maximum absolute atomic E-state index is 12.0. The summed E-state index contributed by atoms with van der Waals surface area (Å²) in [6, 6.07) is 0. The second-order valence-electron chi connectivity index (χ2n) is 7.89. The molecule has 1 amide bonds. The van der Waals surface area contributed by atoms with Crippen LogP contribution >= 0.6 is 0 Å². The van der Waals surface area contributed by atoms with Gasteiger partial charge in [-0.05, 0) is 68.6 Å². The summed E-state index contributed by atoms with van der Waals surface area (Å²) in [6.07, 6.45) is 9.76. The number of nitrogens with one attached hydrogen (secondary N) is 1. The third-order valence-corrected chi connectivity index (χ3v) is 5.81. The highest BCUT2D eigenvalue weighted by atomic mass is 16.5. The fourth-order valence-electron chi connectivity index (χ4n) is 5.35. The number of ether oxygens (including phenoxy) is 2. The van der Waals surface area contributed by atoms with E-state index in [9.17, 15) is 14.4 Å². The Balaban J connectivity index is 1.39. The van der Waals surface area contributed by atoms with Crippen LogP contribution in [0, 0.1) is 23.2 Å². The molecule has 6 nitrogen and oxygen atoms in total. The molecule has 0 unspecified atom stereocenters. The smallest absolute Gasteiger partial charge is 0.331 e. The predicted molar refractivity (Wildman–Crippen MR) is 90.3 cm³/mol. The summed E-state index contributed by atoms with van der Waals surface area (Å²) in [5.74, 6) is 0.911. The number of amides is 1. The van der Waals surface area contributed by atoms with E-state index in [4.69, 9.17) is 4.74 Å². The number of esters is 2. The third kappa shape index (κ3) is 4.61. The SMILES string of the molecule is CCOC(=O)/C=C/C(=O)OCC(=O)NCC12CC3CC(CC(C3)C1)C2. The molecule has 6 heteroatoms. The van der Waals surface area contributed by atoms with Gasteiger partial charge >= 0.3 is 11.9 Å². The average molecular weight is 349 g/mol. The zero-order valence-corrected chi connectivity index (χ0v) is 14.8. The van der Waals surface area contributed by atoms with Gasteiger partial charge in [0.05, 0.1) is 6.61 Å². The van der Waals surface area contributed by atoms with Gasteiger partial charge in [-0.1, -0.05) is 0 Å². The maximum Gasteiger partial charge on any atom is 0.331 e. The highest BCUT2D eigenvalue weighted by Gasteiger charge is 2.50. The number of rotatable bonds is 7. The molecule has 4 aliphatic carbocycles. The largest absolute Gasteiger partial charge is 0.463 e. The van der Waals surface area contributed by atoms with E-state index in [0.29, 0.717) is 6.54 Å². The zero-order valence-electron chi connectivity index (χ0n) is 14.8. The van der Waals surface area contributed by atoms with Crippen LogP contribution in [0.2, 0.25) is 0 Å². The van der Waals surface area contributed by atoms with Crippen LogP contribution < -0.4 is 5.32 Å². The Hall–Kier alpha value is -1.85. The summed E-state index contributed by atoms with van der Waals surface area (Å²) < 4.78 is 9.52. The summed E-state index contributed by atoms with van der Waals surface area (Å²) >= 11 is 0. The monoisotopic (exact) mass is 349 g/mol. The fourth-order valence-corrected chi connectivity index (χ4v) is 5.35. The molecule has 4 rings (SSSR count). The van der Waals surface area contributed by atoms with Gasteiger partial charge in [-0.2, -0.15) is 0 Å². The summed E-state index contributed by atoms with van der Waals surface area (Å²) in [4.78, 5) is 34.6. The summed E-state index contributed by atoms with van der Waals surface area (Å²) in [5.41, 5.74) is 0.262. The lowest BCUT2D eigenvalue weighted by atomic mass is 9.49. The fraction of sp³-hybridized carbons (Fsp3) is 0.737. The molecule has 25 heavy (non-hydrogen) atoms. The Morgan fingerprint density at radius 1 is 0.960 bits per heavy atom. The molecule has 1 N–H and O–H groups in total. The molecule has 0 radical (unpaired) electrons. The van der Waals surface area contributed by atoms with Gasteiger partial charge in [0.2, 0.25) is 0 Å². The number of hydrogen-bond donors (Lipinski definition) is 1. The van der Waals surface area contributed by atoms with Crippen molar-refractivity contribution in [2.45, 2.75) is 45.4 Å². The molecule has 0 saturated heterocycles. The second kappa shape index (κ2) is 7.58. The van der Waals surface area contributed by atoms with Crippen LogP contribution in [-0.4, -0.2) is 37.6 Å². The summed E-state index contributed by atoms with van der Waals surface area (Å²) in [7, 11) is 0. The van der Waals surface area contributed by atoms with Crippen molar-refractivity contribution in [3.8, 4) is 0 Å². The Bertz CT molecular complexity index is 533. The summed E-state index contributed by atoms with van der Waals surface area (Å²) in [5, 5.41) is 2.95. The van der Waals surface area contributed by atoms with Gasteiger partial charge in [-0.3, -0.25) is 4.79 Å². The molecule has 0 heterocycles. The lowest BCUT2D eigenvalue weighted by molar-refractivity contribution is -0.144. The second-order valence-corrected chi connectivity index (χ2v) is 7.89. The number of hydrogen-bond acceptors (Lipinski definition) is 5. The van der Waals surface area contributed by atoms with Gasteiger partial charge < -0.3 is 14.8 Å². The van der Waals surface area contributed by atoms with Crippen LogP contribution in [0.1, 0.15) is 45.4 Å².